The molecular formula is C47H62N4O6Si. The average Bonchev–Trinajstić information content (AvgIpc) is 3.23. The molecule has 2 heterocycles. The SMILES string of the molecule is CC[C@H](C)[C@@H]1NC(=O)[C@@H](Cc2ccccc2)NC(=O)[C@H](CCC/C=C/C(=O)[C@@H](C)O[Si](c2ccccc2)(c2ccccc2)C(C)(C)C)NC(=O)[C@@H]2CCCCN2C1=O. The molecule has 0 bridgehead atoms. The third-order valence-electron chi connectivity index (χ3n) is 11.7. The lowest BCUT2D eigenvalue weighted by molar-refractivity contribution is -0.147. The molecule has 0 aromatic heterocycles. The van der Waals surface area contributed by atoms with Crippen LogP contribution in [-0.2, 0) is 34.8 Å². The van der Waals surface area contributed by atoms with Crippen LogP contribution < -0.4 is 26.3 Å². The lowest BCUT2D eigenvalue weighted by atomic mass is 9.93. The lowest BCUT2D eigenvalue weighted by Gasteiger charge is -2.44. The third-order valence-corrected chi connectivity index (χ3v) is 16.8. The monoisotopic (exact) mass is 806 g/mol. The number of carbonyl (C=O) groups is 5. The summed E-state index contributed by atoms with van der Waals surface area (Å²) in [5.74, 6) is -1.89. The molecule has 0 aliphatic carbocycles. The van der Waals surface area contributed by atoms with E-state index in [4.69, 9.17) is 4.43 Å². The molecule has 6 atom stereocenters. The van der Waals surface area contributed by atoms with E-state index in [1.807, 2.05) is 87.5 Å². The van der Waals surface area contributed by atoms with Crippen molar-refractivity contribution in [2.75, 3.05) is 6.54 Å². The Labute approximate surface area is 345 Å². The standard InChI is InChI=1S/C47H62N4O6Si/c1-7-33(2)42-46(56)51-31-21-20-29-40(51)45(55)48-38(43(53)49-39(44(54)50-42)32-35-22-12-8-13-23-35)28-18-11-19-30-41(52)34(3)57-58(47(4,5)6,36-24-14-9-15-25-36)37-26-16-10-17-27-37/h8-10,12-17,19,22-27,30,33-34,38-40,42H,7,11,18,20-21,28-29,31-32H2,1-6H3,(H,48,55)(H,49,53)(H,50,54)/b30-19+/t33-,34+,38-,39+,40-,42-/m0/s1. The van der Waals surface area contributed by atoms with Crippen LogP contribution in [0.5, 0.6) is 0 Å². The third kappa shape index (κ3) is 10.6. The zero-order valence-corrected chi connectivity index (χ0v) is 36.0. The highest BCUT2D eigenvalue weighted by Gasteiger charge is 2.51. The molecule has 3 aromatic carbocycles. The minimum Gasteiger partial charge on any atom is -0.397 e. The maximum atomic E-state index is 14.1. The van der Waals surface area contributed by atoms with Crippen molar-refractivity contribution in [2.45, 2.75) is 128 Å². The number of rotatable bonds is 14. The topological polar surface area (TPSA) is 134 Å². The summed E-state index contributed by atoms with van der Waals surface area (Å²) < 4.78 is 7.00. The van der Waals surface area contributed by atoms with Crippen LogP contribution in [-0.4, -0.2) is 79.4 Å². The average molecular weight is 807 g/mol. The first-order chi connectivity index (χ1) is 27.8. The molecule has 2 fully saturated rings. The Bertz CT molecular complexity index is 1840. The van der Waals surface area contributed by atoms with Gasteiger partial charge in [0, 0.05) is 13.0 Å². The predicted molar refractivity (Wildman–Crippen MR) is 231 cm³/mol. The summed E-state index contributed by atoms with van der Waals surface area (Å²) in [5, 5.41) is 10.8. The second kappa shape index (κ2) is 20.2. The predicted octanol–water partition coefficient (Wildman–Crippen LogP) is 5.39. The maximum absolute atomic E-state index is 14.1. The summed E-state index contributed by atoms with van der Waals surface area (Å²) >= 11 is 0. The van der Waals surface area contributed by atoms with Crippen LogP contribution >= 0.6 is 0 Å². The number of hydrogen-bond acceptors (Lipinski definition) is 6. The van der Waals surface area contributed by atoms with Crippen LogP contribution in [0, 0.1) is 5.92 Å². The molecule has 11 heteroatoms. The van der Waals surface area contributed by atoms with Gasteiger partial charge in [-0.25, -0.2) is 0 Å². The molecule has 3 aromatic rings. The minimum absolute atomic E-state index is 0.155. The van der Waals surface area contributed by atoms with Gasteiger partial charge in [-0.2, -0.15) is 0 Å². The Morgan fingerprint density at radius 1 is 0.810 bits per heavy atom. The van der Waals surface area contributed by atoms with E-state index in [1.165, 1.54) is 0 Å². The molecule has 2 aliphatic heterocycles. The minimum atomic E-state index is -2.95. The molecule has 0 saturated carbocycles. The number of piperidine rings is 1. The summed E-state index contributed by atoms with van der Waals surface area (Å²) in [4.78, 5) is 71.4. The smallest absolute Gasteiger partial charge is 0.262 e. The van der Waals surface area contributed by atoms with Gasteiger partial charge in [-0.1, -0.05) is 138 Å². The van der Waals surface area contributed by atoms with Crippen LogP contribution in [0.15, 0.2) is 103 Å². The summed E-state index contributed by atoms with van der Waals surface area (Å²) in [7, 11) is -2.95. The van der Waals surface area contributed by atoms with Crippen LogP contribution in [0.25, 0.3) is 0 Å². The molecule has 310 valence electrons. The van der Waals surface area contributed by atoms with E-state index in [2.05, 4.69) is 61.0 Å². The lowest BCUT2D eigenvalue weighted by Crippen LogP contribution is -2.68. The van der Waals surface area contributed by atoms with Gasteiger partial charge < -0.3 is 25.3 Å². The Morgan fingerprint density at radius 2 is 1.38 bits per heavy atom. The number of carbonyl (C=O) groups excluding carboxylic acids is 5. The number of fused-ring (bicyclic) bond motifs is 1. The van der Waals surface area contributed by atoms with E-state index in [9.17, 15) is 24.0 Å². The van der Waals surface area contributed by atoms with Gasteiger partial charge in [-0.15, -0.1) is 0 Å². The van der Waals surface area contributed by atoms with Gasteiger partial charge in [-0.05, 0) is 78.4 Å². The highest BCUT2D eigenvalue weighted by Crippen LogP contribution is 2.37. The van der Waals surface area contributed by atoms with E-state index in [-0.39, 0.29) is 41.4 Å². The molecule has 2 aliphatic rings. The van der Waals surface area contributed by atoms with Crippen LogP contribution in [0.1, 0.15) is 92.1 Å². The Morgan fingerprint density at radius 3 is 1.97 bits per heavy atom. The van der Waals surface area contributed by atoms with E-state index in [0.717, 1.165) is 28.8 Å². The number of ketones is 1. The van der Waals surface area contributed by atoms with Crippen molar-refractivity contribution in [2.24, 2.45) is 5.92 Å². The number of amides is 4. The zero-order chi connectivity index (χ0) is 41.9. The highest BCUT2D eigenvalue weighted by atomic mass is 28.4. The molecule has 2 saturated heterocycles. The number of benzene rings is 3. The Hall–Kier alpha value is -4.87. The molecular weight excluding hydrogens is 745 g/mol. The van der Waals surface area contributed by atoms with Crippen molar-refractivity contribution in [3.63, 3.8) is 0 Å². The van der Waals surface area contributed by atoms with Crippen molar-refractivity contribution >= 4 is 48.1 Å². The van der Waals surface area contributed by atoms with Gasteiger partial charge in [0.15, 0.2) is 5.78 Å². The van der Waals surface area contributed by atoms with E-state index in [0.29, 0.717) is 32.2 Å². The summed E-state index contributed by atoms with van der Waals surface area (Å²) in [6.07, 6.45) is 6.71. The Balaban J connectivity index is 1.32. The fourth-order valence-electron chi connectivity index (χ4n) is 8.24. The van der Waals surface area contributed by atoms with Gasteiger partial charge in [0.1, 0.15) is 30.3 Å². The number of allylic oxidation sites excluding steroid dienone is 1. The highest BCUT2D eigenvalue weighted by molar-refractivity contribution is 6.99. The van der Waals surface area contributed by atoms with Crippen LogP contribution in [0.3, 0.4) is 0 Å². The van der Waals surface area contributed by atoms with Crippen molar-refractivity contribution in [1.82, 2.24) is 20.9 Å². The molecule has 58 heavy (non-hydrogen) atoms. The fraction of sp³-hybridized carbons (Fsp3) is 0.468. The van der Waals surface area contributed by atoms with Gasteiger partial charge in [-0.3, -0.25) is 24.0 Å². The first kappa shape index (κ1) is 44.2. The molecule has 4 amide bonds. The van der Waals surface area contributed by atoms with Crippen LogP contribution in [0.2, 0.25) is 5.04 Å². The van der Waals surface area contributed by atoms with E-state index < -0.39 is 50.4 Å². The Kier molecular flexibility index (Phi) is 15.4. The van der Waals surface area contributed by atoms with Gasteiger partial charge in [0.25, 0.3) is 8.32 Å². The molecule has 10 nitrogen and oxygen atoms in total. The quantitative estimate of drug-likeness (QED) is 0.114. The summed E-state index contributed by atoms with van der Waals surface area (Å²) in [6.45, 7) is 12.6. The number of hydrogen-bond donors (Lipinski definition) is 3. The molecule has 0 spiro atoms. The van der Waals surface area contributed by atoms with Gasteiger partial charge in [0.05, 0.1) is 0 Å². The van der Waals surface area contributed by atoms with E-state index >= 15 is 0 Å². The normalized spacial score (nSPS) is 22.1. The second-order valence-electron chi connectivity index (χ2n) is 16.9. The maximum Gasteiger partial charge on any atom is 0.262 e. The number of unbranched alkanes of at least 4 members (excludes halogenated alkanes) is 1. The summed E-state index contributed by atoms with van der Waals surface area (Å²) in [6, 6.07) is 26.3. The van der Waals surface area contributed by atoms with E-state index in [1.54, 1.807) is 17.1 Å². The first-order valence-corrected chi connectivity index (χ1v) is 22.9. The zero-order valence-electron chi connectivity index (χ0n) is 35.0. The van der Waals surface area contributed by atoms with Gasteiger partial charge in [0.2, 0.25) is 23.6 Å². The largest absolute Gasteiger partial charge is 0.397 e. The summed E-state index contributed by atoms with van der Waals surface area (Å²) in [5.41, 5.74) is 0.848. The number of nitrogens with zero attached hydrogens (tertiary/aromatic N) is 1. The fourth-order valence-corrected chi connectivity index (χ4v) is 12.9. The van der Waals surface area contributed by atoms with Crippen molar-refractivity contribution in [3.05, 3.63) is 109 Å². The van der Waals surface area contributed by atoms with Crippen molar-refractivity contribution in [1.29, 1.82) is 0 Å². The molecule has 5 rings (SSSR count). The second-order valence-corrected chi connectivity index (χ2v) is 21.1. The molecule has 0 unspecified atom stereocenters. The molecule has 3 N–H and O–H groups in total. The van der Waals surface area contributed by atoms with Crippen LogP contribution in [0.4, 0.5) is 0 Å². The van der Waals surface area contributed by atoms with Crippen molar-refractivity contribution in [3.8, 4) is 0 Å². The first-order valence-electron chi connectivity index (χ1n) is 21.0. The molecule has 0 radical (unpaired) electrons. The number of nitrogens with one attached hydrogen (secondary N) is 3. The van der Waals surface area contributed by atoms with Crippen molar-refractivity contribution < 1.29 is 28.4 Å². The van der Waals surface area contributed by atoms with Gasteiger partial charge >= 0.3 is 0 Å².